The monoisotopic (exact) mass is 265 g/mol. The van der Waals surface area contributed by atoms with Gasteiger partial charge >= 0.3 is 0 Å². The molecule has 0 aliphatic rings. The van der Waals surface area contributed by atoms with Crippen molar-refractivity contribution in [3.8, 4) is 0 Å². The lowest BCUT2D eigenvalue weighted by molar-refractivity contribution is -0.125. The van der Waals surface area contributed by atoms with Crippen molar-refractivity contribution in [2.24, 2.45) is 11.1 Å². The molecule has 0 saturated carbocycles. The van der Waals surface area contributed by atoms with E-state index in [1.54, 1.807) is 20.0 Å². The second kappa shape index (κ2) is 6.36. The maximum absolute atomic E-state index is 11.3. The third-order valence-electron chi connectivity index (χ3n) is 2.87. The topological polar surface area (TPSA) is 92.9 Å². The maximum atomic E-state index is 11.3. The highest BCUT2D eigenvalue weighted by molar-refractivity contribution is 5.80. The highest BCUT2D eigenvalue weighted by Crippen LogP contribution is 2.18. The Balaban J connectivity index is 2.74. The van der Waals surface area contributed by atoms with Gasteiger partial charge in [-0.2, -0.15) is 4.98 Å². The summed E-state index contributed by atoms with van der Waals surface area (Å²) in [5.41, 5.74) is 5.66. The summed E-state index contributed by atoms with van der Waals surface area (Å²) < 4.78 is 0. The highest BCUT2D eigenvalue weighted by atomic mass is 16.1. The minimum atomic E-state index is -0.617. The average Bonchev–Trinajstić information content (AvgIpc) is 2.36. The van der Waals surface area contributed by atoms with Crippen LogP contribution in [0.3, 0.4) is 0 Å². The van der Waals surface area contributed by atoms with Gasteiger partial charge in [0.1, 0.15) is 5.82 Å². The van der Waals surface area contributed by atoms with Gasteiger partial charge in [0.25, 0.3) is 0 Å². The molecule has 19 heavy (non-hydrogen) atoms. The number of nitrogens with one attached hydrogen (secondary N) is 2. The smallest absolute Gasteiger partial charge is 0.224 e. The van der Waals surface area contributed by atoms with Crippen LogP contribution in [0.1, 0.15) is 32.8 Å². The predicted octanol–water partition coefficient (Wildman–Crippen LogP) is 1.53. The van der Waals surface area contributed by atoms with Gasteiger partial charge in [0.05, 0.1) is 5.41 Å². The van der Waals surface area contributed by atoms with E-state index in [-0.39, 0.29) is 5.91 Å². The lowest BCUT2D eigenvalue weighted by atomic mass is 9.93. The number of amides is 1. The Morgan fingerprint density at radius 1 is 1.42 bits per heavy atom. The minimum Gasteiger partial charge on any atom is -0.369 e. The quantitative estimate of drug-likeness (QED) is 0.695. The minimum absolute atomic E-state index is 0.337. The van der Waals surface area contributed by atoms with E-state index in [9.17, 15) is 4.79 Å². The van der Waals surface area contributed by atoms with Crippen LogP contribution in [0.25, 0.3) is 0 Å². The molecule has 0 bridgehead atoms. The molecular formula is C13H23N5O. The van der Waals surface area contributed by atoms with Crippen LogP contribution in [0.4, 0.5) is 11.8 Å². The van der Waals surface area contributed by atoms with Crippen molar-refractivity contribution in [2.75, 3.05) is 23.7 Å². The number of anilines is 2. The van der Waals surface area contributed by atoms with Crippen molar-refractivity contribution in [3.05, 3.63) is 11.8 Å². The van der Waals surface area contributed by atoms with Gasteiger partial charge in [-0.05, 0) is 27.2 Å². The number of primary amides is 1. The Morgan fingerprint density at radius 3 is 2.68 bits per heavy atom. The molecule has 1 aromatic heterocycles. The Hall–Kier alpha value is -1.85. The van der Waals surface area contributed by atoms with Crippen molar-refractivity contribution >= 4 is 17.7 Å². The molecule has 0 aliphatic carbocycles. The second-order valence-electron chi connectivity index (χ2n) is 5.25. The van der Waals surface area contributed by atoms with Gasteiger partial charge in [0.2, 0.25) is 11.9 Å². The zero-order valence-electron chi connectivity index (χ0n) is 12.1. The fourth-order valence-electron chi connectivity index (χ4n) is 1.33. The summed E-state index contributed by atoms with van der Waals surface area (Å²) in [6, 6.07) is 0. The van der Waals surface area contributed by atoms with Crippen molar-refractivity contribution < 1.29 is 4.79 Å². The number of aryl methyl sites for hydroxylation is 1. The lowest BCUT2D eigenvalue weighted by Crippen LogP contribution is -2.37. The first-order chi connectivity index (χ1) is 8.86. The Bertz CT molecular complexity index is 445. The Morgan fingerprint density at radius 2 is 2.11 bits per heavy atom. The van der Waals surface area contributed by atoms with E-state index >= 15 is 0 Å². The van der Waals surface area contributed by atoms with E-state index in [1.165, 1.54) is 0 Å². The van der Waals surface area contributed by atoms with Gasteiger partial charge in [-0.3, -0.25) is 4.79 Å². The fraction of sp³-hybridized carbons (Fsp3) is 0.615. The summed E-state index contributed by atoms with van der Waals surface area (Å²) in [6.45, 7) is 8.87. The fourth-order valence-corrected chi connectivity index (χ4v) is 1.33. The maximum Gasteiger partial charge on any atom is 0.224 e. The number of rotatable bonds is 7. The van der Waals surface area contributed by atoms with Crippen LogP contribution in [-0.2, 0) is 4.79 Å². The summed E-state index contributed by atoms with van der Waals surface area (Å²) in [6.07, 6.45) is 2.76. The number of nitrogens with two attached hydrogens (primary N) is 1. The predicted molar refractivity (Wildman–Crippen MR) is 77.0 cm³/mol. The summed E-state index contributed by atoms with van der Waals surface area (Å²) in [5.74, 6) is 0.978. The van der Waals surface area contributed by atoms with Crippen molar-refractivity contribution in [1.29, 1.82) is 0 Å². The number of nitrogens with zero attached hydrogens (tertiary/aromatic N) is 2. The van der Waals surface area contributed by atoms with Gasteiger partial charge in [0, 0.05) is 24.8 Å². The number of aromatic nitrogens is 2. The molecule has 0 fully saturated rings. The highest BCUT2D eigenvalue weighted by Gasteiger charge is 2.24. The van der Waals surface area contributed by atoms with Gasteiger partial charge in [-0.1, -0.05) is 6.92 Å². The number of carbonyl (C=O) groups excluding carboxylic acids is 1. The molecule has 0 unspecified atom stereocenters. The van der Waals surface area contributed by atoms with E-state index in [4.69, 9.17) is 5.73 Å². The van der Waals surface area contributed by atoms with Crippen molar-refractivity contribution in [1.82, 2.24) is 9.97 Å². The lowest BCUT2D eigenvalue weighted by Gasteiger charge is -2.21. The van der Waals surface area contributed by atoms with E-state index in [2.05, 4.69) is 27.5 Å². The molecule has 106 valence electrons. The number of hydrogen-bond acceptors (Lipinski definition) is 5. The molecule has 0 aromatic carbocycles. The van der Waals surface area contributed by atoms with Crippen LogP contribution in [0.2, 0.25) is 0 Å². The summed E-state index contributed by atoms with van der Waals surface area (Å²) >= 11 is 0. The molecule has 1 amide bonds. The summed E-state index contributed by atoms with van der Waals surface area (Å²) in [7, 11) is 0. The molecule has 6 heteroatoms. The first-order valence-corrected chi connectivity index (χ1v) is 6.48. The molecule has 1 aromatic rings. The van der Waals surface area contributed by atoms with Crippen LogP contribution < -0.4 is 16.4 Å². The van der Waals surface area contributed by atoms with E-state index < -0.39 is 5.41 Å². The van der Waals surface area contributed by atoms with Crippen LogP contribution in [0.15, 0.2) is 6.20 Å². The van der Waals surface area contributed by atoms with Crippen LogP contribution >= 0.6 is 0 Å². The van der Waals surface area contributed by atoms with E-state index in [0.717, 1.165) is 24.3 Å². The Kier molecular flexibility index (Phi) is 5.09. The molecule has 6 nitrogen and oxygen atoms in total. The average molecular weight is 265 g/mol. The van der Waals surface area contributed by atoms with Gasteiger partial charge < -0.3 is 16.4 Å². The molecule has 0 atom stereocenters. The normalized spacial score (nSPS) is 11.2. The van der Waals surface area contributed by atoms with Crippen molar-refractivity contribution in [3.63, 3.8) is 0 Å². The number of hydrogen-bond donors (Lipinski definition) is 3. The third-order valence-corrected chi connectivity index (χ3v) is 2.87. The molecule has 1 rings (SSSR count). The van der Waals surface area contributed by atoms with Gasteiger partial charge in [0.15, 0.2) is 0 Å². The third kappa shape index (κ3) is 4.39. The largest absolute Gasteiger partial charge is 0.369 e. The molecular weight excluding hydrogens is 242 g/mol. The van der Waals surface area contributed by atoms with Crippen molar-refractivity contribution in [2.45, 2.75) is 34.1 Å². The first kappa shape index (κ1) is 15.2. The van der Waals surface area contributed by atoms with Gasteiger partial charge in [-0.25, -0.2) is 4.98 Å². The molecule has 4 N–H and O–H groups in total. The SMILES string of the molecule is CCCNc1ncc(C)c(NCC(C)(C)C(N)=O)n1. The van der Waals surface area contributed by atoms with Gasteiger partial charge in [-0.15, -0.1) is 0 Å². The molecule has 0 aliphatic heterocycles. The van der Waals surface area contributed by atoms with E-state index in [0.29, 0.717) is 12.5 Å². The zero-order chi connectivity index (χ0) is 14.5. The first-order valence-electron chi connectivity index (χ1n) is 6.48. The van der Waals surface area contributed by atoms with Crippen LogP contribution in [-0.4, -0.2) is 29.0 Å². The second-order valence-corrected chi connectivity index (χ2v) is 5.25. The number of carbonyl (C=O) groups is 1. The van der Waals surface area contributed by atoms with E-state index in [1.807, 2.05) is 6.92 Å². The van der Waals surface area contributed by atoms with Crippen LogP contribution in [0, 0.1) is 12.3 Å². The molecule has 0 radical (unpaired) electrons. The summed E-state index contributed by atoms with van der Waals surface area (Å²) in [4.78, 5) is 19.9. The standard InChI is InChI=1S/C13H23N5O/c1-5-6-15-12-16-7-9(2)10(18-12)17-8-13(3,4)11(14)19/h7H,5-6,8H2,1-4H3,(H2,14,19)(H2,15,16,17,18). The summed E-state index contributed by atoms with van der Waals surface area (Å²) in [5, 5.41) is 6.29. The Labute approximate surface area is 114 Å². The zero-order valence-corrected chi connectivity index (χ0v) is 12.1. The molecule has 0 saturated heterocycles. The molecule has 0 spiro atoms. The molecule has 1 heterocycles. The van der Waals surface area contributed by atoms with Crippen LogP contribution in [0.5, 0.6) is 0 Å².